The van der Waals surface area contributed by atoms with Gasteiger partial charge in [0.05, 0.1) is 18.3 Å². The molecule has 1 heterocycles. The lowest BCUT2D eigenvalue weighted by Gasteiger charge is -2.14. The summed E-state index contributed by atoms with van der Waals surface area (Å²) < 4.78 is 5.15. The molecule has 78 valence electrons. The SMILES string of the molecule is CC[C@@H](N)C(=O)NC(C)c1ccco1. The Balaban J connectivity index is 2.49. The van der Waals surface area contributed by atoms with Gasteiger partial charge in [0.2, 0.25) is 5.91 Å². The molecule has 3 N–H and O–H groups in total. The Kier molecular flexibility index (Phi) is 3.71. The van der Waals surface area contributed by atoms with E-state index in [0.717, 1.165) is 5.76 Å². The first-order valence-corrected chi connectivity index (χ1v) is 4.74. The maximum atomic E-state index is 11.4. The normalized spacial score (nSPS) is 14.8. The van der Waals surface area contributed by atoms with Crippen molar-refractivity contribution < 1.29 is 9.21 Å². The Bertz CT molecular complexity index is 282. The van der Waals surface area contributed by atoms with Crippen LogP contribution in [0.5, 0.6) is 0 Å². The third-order valence-corrected chi connectivity index (χ3v) is 2.11. The highest BCUT2D eigenvalue weighted by Gasteiger charge is 2.15. The Morgan fingerprint density at radius 2 is 2.43 bits per heavy atom. The fourth-order valence-corrected chi connectivity index (χ4v) is 1.11. The van der Waals surface area contributed by atoms with Crippen molar-refractivity contribution in [3.63, 3.8) is 0 Å². The molecule has 0 radical (unpaired) electrons. The van der Waals surface area contributed by atoms with Crippen LogP contribution < -0.4 is 11.1 Å². The topological polar surface area (TPSA) is 68.3 Å². The molecule has 0 saturated heterocycles. The zero-order valence-corrected chi connectivity index (χ0v) is 8.49. The van der Waals surface area contributed by atoms with E-state index in [1.807, 2.05) is 19.9 Å². The van der Waals surface area contributed by atoms with Gasteiger partial charge in [-0.15, -0.1) is 0 Å². The molecular formula is C10H16N2O2. The molecule has 0 spiro atoms. The van der Waals surface area contributed by atoms with Crippen LogP contribution in [0.4, 0.5) is 0 Å². The van der Waals surface area contributed by atoms with E-state index >= 15 is 0 Å². The van der Waals surface area contributed by atoms with Crippen LogP contribution >= 0.6 is 0 Å². The number of nitrogens with two attached hydrogens (primary N) is 1. The second-order valence-electron chi connectivity index (χ2n) is 3.26. The summed E-state index contributed by atoms with van der Waals surface area (Å²) >= 11 is 0. The maximum Gasteiger partial charge on any atom is 0.237 e. The van der Waals surface area contributed by atoms with Gasteiger partial charge in [-0.2, -0.15) is 0 Å². The Hall–Kier alpha value is -1.29. The lowest BCUT2D eigenvalue weighted by atomic mass is 10.2. The molecule has 0 fully saturated rings. The standard InChI is InChI=1S/C10H16N2O2/c1-3-8(11)10(13)12-7(2)9-5-4-6-14-9/h4-8H,3,11H2,1-2H3,(H,12,13)/t7?,8-/m1/s1. The van der Waals surface area contributed by atoms with Gasteiger partial charge in [0.1, 0.15) is 5.76 Å². The van der Waals surface area contributed by atoms with Crippen LogP contribution in [-0.2, 0) is 4.79 Å². The molecule has 0 aliphatic carbocycles. The molecule has 4 nitrogen and oxygen atoms in total. The van der Waals surface area contributed by atoms with Crippen molar-refractivity contribution in [3.05, 3.63) is 24.2 Å². The number of carbonyl (C=O) groups is 1. The highest BCUT2D eigenvalue weighted by Crippen LogP contribution is 2.12. The van der Waals surface area contributed by atoms with Crippen LogP contribution in [0.25, 0.3) is 0 Å². The van der Waals surface area contributed by atoms with E-state index in [-0.39, 0.29) is 11.9 Å². The van der Waals surface area contributed by atoms with E-state index < -0.39 is 6.04 Å². The summed E-state index contributed by atoms with van der Waals surface area (Å²) in [5, 5.41) is 2.78. The van der Waals surface area contributed by atoms with Crippen LogP contribution in [0.15, 0.2) is 22.8 Å². The van der Waals surface area contributed by atoms with Gasteiger partial charge in [-0.05, 0) is 25.5 Å². The zero-order valence-electron chi connectivity index (χ0n) is 8.49. The minimum Gasteiger partial charge on any atom is -0.467 e. The predicted molar refractivity (Wildman–Crippen MR) is 53.5 cm³/mol. The van der Waals surface area contributed by atoms with Gasteiger partial charge in [-0.3, -0.25) is 4.79 Å². The average Bonchev–Trinajstić information content (AvgIpc) is 2.69. The van der Waals surface area contributed by atoms with Gasteiger partial charge in [0.15, 0.2) is 0 Å². The van der Waals surface area contributed by atoms with Crippen LogP contribution in [0, 0.1) is 0 Å². The third kappa shape index (κ3) is 2.60. The molecule has 0 bridgehead atoms. The average molecular weight is 196 g/mol. The van der Waals surface area contributed by atoms with Crippen LogP contribution in [-0.4, -0.2) is 11.9 Å². The van der Waals surface area contributed by atoms with Crippen molar-refractivity contribution in [2.75, 3.05) is 0 Å². The van der Waals surface area contributed by atoms with Crippen molar-refractivity contribution >= 4 is 5.91 Å². The summed E-state index contributed by atoms with van der Waals surface area (Å²) in [6, 6.07) is 3.04. The van der Waals surface area contributed by atoms with Crippen LogP contribution in [0.1, 0.15) is 32.1 Å². The van der Waals surface area contributed by atoms with Gasteiger partial charge >= 0.3 is 0 Å². The fourth-order valence-electron chi connectivity index (χ4n) is 1.11. The molecule has 1 aromatic heterocycles. The Morgan fingerprint density at radius 3 is 2.93 bits per heavy atom. The van der Waals surface area contributed by atoms with E-state index in [4.69, 9.17) is 10.2 Å². The van der Waals surface area contributed by atoms with Crippen LogP contribution in [0.2, 0.25) is 0 Å². The summed E-state index contributed by atoms with van der Waals surface area (Å²) in [7, 11) is 0. The first-order valence-electron chi connectivity index (χ1n) is 4.74. The quantitative estimate of drug-likeness (QED) is 0.760. The van der Waals surface area contributed by atoms with Gasteiger partial charge < -0.3 is 15.5 Å². The van der Waals surface area contributed by atoms with Gasteiger partial charge in [0.25, 0.3) is 0 Å². The molecule has 1 amide bonds. The van der Waals surface area contributed by atoms with E-state index in [1.54, 1.807) is 12.3 Å². The largest absolute Gasteiger partial charge is 0.467 e. The van der Waals surface area contributed by atoms with Crippen molar-refractivity contribution in [2.24, 2.45) is 5.73 Å². The number of hydrogen-bond donors (Lipinski definition) is 2. The maximum absolute atomic E-state index is 11.4. The number of amides is 1. The predicted octanol–water partition coefficient (Wildman–Crippen LogP) is 1.19. The number of hydrogen-bond acceptors (Lipinski definition) is 3. The molecule has 14 heavy (non-hydrogen) atoms. The number of nitrogens with one attached hydrogen (secondary N) is 1. The van der Waals surface area contributed by atoms with E-state index in [1.165, 1.54) is 0 Å². The smallest absolute Gasteiger partial charge is 0.237 e. The summed E-state index contributed by atoms with van der Waals surface area (Å²) in [6.45, 7) is 3.74. The van der Waals surface area contributed by atoms with Crippen molar-refractivity contribution in [1.82, 2.24) is 5.32 Å². The molecule has 0 aliphatic heterocycles. The lowest BCUT2D eigenvalue weighted by Crippen LogP contribution is -2.41. The molecule has 1 rings (SSSR count). The molecule has 1 unspecified atom stereocenters. The van der Waals surface area contributed by atoms with Crippen molar-refractivity contribution in [2.45, 2.75) is 32.4 Å². The first-order chi connectivity index (χ1) is 6.65. The van der Waals surface area contributed by atoms with Crippen molar-refractivity contribution in [1.29, 1.82) is 0 Å². The molecule has 2 atom stereocenters. The molecule has 0 saturated carbocycles. The summed E-state index contributed by atoms with van der Waals surface area (Å²) in [5.41, 5.74) is 5.58. The summed E-state index contributed by atoms with van der Waals surface area (Å²) in [5.74, 6) is 0.595. The Morgan fingerprint density at radius 1 is 1.71 bits per heavy atom. The summed E-state index contributed by atoms with van der Waals surface area (Å²) in [4.78, 5) is 11.4. The van der Waals surface area contributed by atoms with Crippen LogP contribution in [0.3, 0.4) is 0 Å². The molecule has 0 aromatic carbocycles. The number of furan rings is 1. The van der Waals surface area contributed by atoms with Gasteiger partial charge in [-0.25, -0.2) is 0 Å². The minimum absolute atomic E-state index is 0.130. The number of rotatable bonds is 4. The summed E-state index contributed by atoms with van der Waals surface area (Å²) in [6.07, 6.45) is 2.22. The highest BCUT2D eigenvalue weighted by atomic mass is 16.3. The lowest BCUT2D eigenvalue weighted by molar-refractivity contribution is -0.123. The minimum atomic E-state index is -0.438. The second-order valence-corrected chi connectivity index (χ2v) is 3.26. The molecular weight excluding hydrogens is 180 g/mol. The number of carbonyl (C=O) groups excluding carboxylic acids is 1. The second kappa shape index (κ2) is 4.81. The van der Waals surface area contributed by atoms with E-state index in [2.05, 4.69) is 5.32 Å². The Labute approximate surface area is 83.5 Å². The molecule has 4 heteroatoms. The third-order valence-electron chi connectivity index (χ3n) is 2.11. The zero-order chi connectivity index (χ0) is 10.6. The van der Waals surface area contributed by atoms with E-state index in [9.17, 15) is 4.79 Å². The fraction of sp³-hybridized carbons (Fsp3) is 0.500. The highest BCUT2D eigenvalue weighted by molar-refractivity contribution is 5.81. The molecule has 0 aliphatic rings. The van der Waals surface area contributed by atoms with Gasteiger partial charge in [-0.1, -0.05) is 6.92 Å². The molecule has 1 aromatic rings. The first kappa shape index (κ1) is 10.8. The monoisotopic (exact) mass is 196 g/mol. The van der Waals surface area contributed by atoms with E-state index in [0.29, 0.717) is 6.42 Å². The van der Waals surface area contributed by atoms with Crippen molar-refractivity contribution in [3.8, 4) is 0 Å². The van der Waals surface area contributed by atoms with Gasteiger partial charge in [0, 0.05) is 0 Å².